The third-order valence-electron chi connectivity index (χ3n) is 4.49. The molecule has 1 aromatic rings. The Labute approximate surface area is 153 Å². The van der Waals surface area contributed by atoms with Crippen molar-refractivity contribution >= 4 is 34.9 Å². The van der Waals surface area contributed by atoms with Gasteiger partial charge in [-0.05, 0) is 31.4 Å². The molecule has 0 spiro atoms. The lowest BCUT2D eigenvalue weighted by atomic mass is 9.86. The number of piperidine rings is 1. The summed E-state index contributed by atoms with van der Waals surface area (Å²) in [7, 11) is 0. The summed E-state index contributed by atoms with van der Waals surface area (Å²) in [6.07, 6.45) is 6.65. The molecule has 7 heteroatoms. The predicted octanol–water partition coefficient (Wildman–Crippen LogP) is 4.72. The van der Waals surface area contributed by atoms with E-state index in [1.807, 2.05) is 0 Å². The van der Waals surface area contributed by atoms with Gasteiger partial charge in [0, 0.05) is 18.8 Å². The van der Waals surface area contributed by atoms with E-state index < -0.39 is 5.60 Å². The van der Waals surface area contributed by atoms with Gasteiger partial charge in [0.2, 0.25) is 0 Å². The van der Waals surface area contributed by atoms with Crippen LogP contribution in [0.4, 0.5) is 10.5 Å². The monoisotopic (exact) mass is 373 g/mol. The lowest BCUT2D eigenvalue weighted by Crippen LogP contribution is -2.48. The fourth-order valence-corrected chi connectivity index (χ4v) is 3.46. The van der Waals surface area contributed by atoms with E-state index in [1.54, 1.807) is 17.0 Å². The molecular formula is C17H25Cl2N3O2. The highest BCUT2D eigenvalue weighted by Crippen LogP contribution is 2.28. The van der Waals surface area contributed by atoms with Gasteiger partial charge in [-0.3, -0.25) is 0 Å². The number of urea groups is 1. The van der Waals surface area contributed by atoms with Gasteiger partial charge in [-0.25, -0.2) is 9.78 Å². The number of hydrogen-bond acceptors (Lipinski definition) is 3. The Kier molecular flexibility index (Phi) is 7.14. The van der Waals surface area contributed by atoms with Crippen molar-refractivity contribution in [3.05, 3.63) is 22.4 Å². The van der Waals surface area contributed by atoms with Crippen LogP contribution in [-0.2, 0) is 0 Å². The van der Waals surface area contributed by atoms with Gasteiger partial charge in [0.1, 0.15) is 10.3 Å². The van der Waals surface area contributed by atoms with Crippen molar-refractivity contribution in [1.29, 1.82) is 0 Å². The zero-order chi connectivity index (χ0) is 17.6. The Morgan fingerprint density at radius 2 is 1.88 bits per heavy atom. The Morgan fingerprint density at radius 3 is 2.46 bits per heavy atom. The summed E-state index contributed by atoms with van der Waals surface area (Å²) < 4.78 is 0. The number of rotatable bonds is 6. The van der Waals surface area contributed by atoms with Crippen LogP contribution in [0.3, 0.4) is 0 Å². The van der Waals surface area contributed by atoms with Gasteiger partial charge in [0.25, 0.3) is 0 Å². The van der Waals surface area contributed by atoms with Gasteiger partial charge < -0.3 is 15.3 Å². The summed E-state index contributed by atoms with van der Waals surface area (Å²) in [5.74, 6) is 0. The number of unbranched alkanes of at least 4 members (excludes halogenated alkanes) is 3. The fraction of sp³-hybridized carbons (Fsp3) is 0.647. The first-order valence-electron chi connectivity index (χ1n) is 8.53. The Bertz CT molecular complexity index is 541. The van der Waals surface area contributed by atoms with Crippen molar-refractivity contribution in [3.8, 4) is 0 Å². The minimum Gasteiger partial charge on any atom is -0.390 e. The molecule has 1 saturated heterocycles. The Balaban J connectivity index is 1.81. The van der Waals surface area contributed by atoms with Crippen LogP contribution in [0.15, 0.2) is 12.1 Å². The third-order valence-corrected chi connectivity index (χ3v) is 4.88. The van der Waals surface area contributed by atoms with Crippen molar-refractivity contribution in [1.82, 2.24) is 9.88 Å². The highest BCUT2D eigenvalue weighted by atomic mass is 35.5. The molecule has 1 fully saturated rings. The van der Waals surface area contributed by atoms with Crippen LogP contribution in [0, 0.1) is 0 Å². The second-order valence-electron chi connectivity index (χ2n) is 6.45. The molecule has 0 atom stereocenters. The molecule has 0 aromatic carbocycles. The normalized spacial score (nSPS) is 16.9. The highest BCUT2D eigenvalue weighted by molar-refractivity contribution is 6.32. The van der Waals surface area contributed by atoms with Gasteiger partial charge in [-0.15, -0.1) is 0 Å². The van der Waals surface area contributed by atoms with Crippen molar-refractivity contribution in [3.63, 3.8) is 0 Å². The summed E-state index contributed by atoms with van der Waals surface area (Å²) >= 11 is 11.7. The molecule has 0 unspecified atom stereocenters. The summed E-state index contributed by atoms with van der Waals surface area (Å²) in [6, 6.07) is 2.90. The van der Waals surface area contributed by atoms with E-state index in [0.717, 1.165) is 19.3 Å². The second kappa shape index (κ2) is 8.88. The molecule has 24 heavy (non-hydrogen) atoms. The smallest absolute Gasteiger partial charge is 0.321 e. The largest absolute Gasteiger partial charge is 0.390 e. The van der Waals surface area contributed by atoms with E-state index in [-0.39, 0.29) is 16.3 Å². The number of aromatic nitrogens is 1. The minimum absolute atomic E-state index is 0.207. The zero-order valence-corrected chi connectivity index (χ0v) is 15.5. The Hall–Kier alpha value is -1.04. The summed E-state index contributed by atoms with van der Waals surface area (Å²) in [5, 5.41) is 13.9. The van der Waals surface area contributed by atoms with Crippen LogP contribution in [0.1, 0.15) is 51.9 Å². The summed E-state index contributed by atoms with van der Waals surface area (Å²) in [5.41, 5.74) is -0.112. The van der Waals surface area contributed by atoms with Crippen LogP contribution in [0.5, 0.6) is 0 Å². The molecule has 134 valence electrons. The first-order chi connectivity index (χ1) is 11.4. The number of aliphatic hydroxyl groups is 1. The first kappa shape index (κ1) is 19.3. The van der Waals surface area contributed by atoms with Crippen LogP contribution in [0.2, 0.25) is 10.3 Å². The molecule has 2 amide bonds. The third kappa shape index (κ3) is 5.80. The Morgan fingerprint density at radius 1 is 1.25 bits per heavy atom. The second-order valence-corrected chi connectivity index (χ2v) is 7.23. The predicted molar refractivity (Wildman–Crippen MR) is 97.8 cm³/mol. The highest BCUT2D eigenvalue weighted by Gasteiger charge is 2.33. The lowest BCUT2D eigenvalue weighted by molar-refractivity contribution is -0.0197. The number of pyridine rings is 1. The number of halogens is 2. The SMILES string of the molecule is CCCCCCC1(O)CCN(C(=O)Nc2cc(Cl)nc(Cl)c2)CC1. The molecule has 2 rings (SSSR count). The number of amides is 2. The molecule has 2 heterocycles. The average molecular weight is 374 g/mol. The number of carbonyl (C=O) groups is 1. The van der Waals surface area contributed by atoms with E-state index >= 15 is 0 Å². The maximum Gasteiger partial charge on any atom is 0.321 e. The molecular weight excluding hydrogens is 349 g/mol. The molecule has 0 aliphatic carbocycles. The molecule has 5 nitrogen and oxygen atoms in total. The fourth-order valence-electron chi connectivity index (χ4n) is 3.00. The van der Waals surface area contributed by atoms with Gasteiger partial charge in [0.05, 0.1) is 5.60 Å². The minimum atomic E-state index is -0.631. The summed E-state index contributed by atoms with van der Waals surface area (Å²) in [6.45, 7) is 3.26. The van der Waals surface area contributed by atoms with E-state index in [0.29, 0.717) is 31.6 Å². The van der Waals surface area contributed by atoms with Crippen molar-refractivity contribution in [2.45, 2.75) is 57.5 Å². The van der Waals surface area contributed by atoms with Crippen molar-refractivity contribution < 1.29 is 9.90 Å². The van der Waals surface area contributed by atoms with Gasteiger partial charge in [-0.1, -0.05) is 55.8 Å². The number of likely N-dealkylation sites (tertiary alicyclic amines) is 1. The molecule has 2 N–H and O–H groups in total. The summed E-state index contributed by atoms with van der Waals surface area (Å²) in [4.78, 5) is 17.9. The standard InChI is InChI=1S/C17H25Cl2N3O2/c1-2-3-4-5-6-17(24)7-9-22(10-8-17)16(23)20-13-11-14(18)21-15(19)12-13/h11-12,24H,2-10H2,1H3,(H,20,21,23). The molecule has 1 aromatic heterocycles. The maximum absolute atomic E-state index is 12.3. The average Bonchev–Trinajstić information content (AvgIpc) is 2.51. The van der Waals surface area contributed by atoms with Gasteiger partial charge in [-0.2, -0.15) is 0 Å². The van der Waals surface area contributed by atoms with Gasteiger partial charge >= 0.3 is 6.03 Å². The number of hydrogen-bond donors (Lipinski definition) is 2. The van der Waals surface area contributed by atoms with Crippen LogP contribution in [0.25, 0.3) is 0 Å². The lowest BCUT2D eigenvalue weighted by Gasteiger charge is -2.38. The number of nitrogens with one attached hydrogen (secondary N) is 1. The van der Waals surface area contributed by atoms with E-state index in [1.165, 1.54) is 12.8 Å². The number of anilines is 1. The molecule has 0 radical (unpaired) electrons. The topological polar surface area (TPSA) is 65.5 Å². The number of carbonyl (C=O) groups excluding carboxylic acids is 1. The van der Waals surface area contributed by atoms with Crippen LogP contribution >= 0.6 is 23.2 Å². The molecule has 1 aliphatic rings. The van der Waals surface area contributed by atoms with E-state index in [4.69, 9.17) is 23.2 Å². The molecule has 1 aliphatic heterocycles. The maximum atomic E-state index is 12.3. The quantitative estimate of drug-likeness (QED) is 0.559. The number of nitrogens with zero attached hydrogens (tertiary/aromatic N) is 2. The van der Waals surface area contributed by atoms with Crippen molar-refractivity contribution in [2.75, 3.05) is 18.4 Å². The van der Waals surface area contributed by atoms with E-state index in [2.05, 4.69) is 17.2 Å². The van der Waals surface area contributed by atoms with Crippen LogP contribution in [-0.4, -0.2) is 39.7 Å². The first-order valence-corrected chi connectivity index (χ1v) is 9.29. The van der Waals surface area contributed by atoms with Crippen molar-refractivity contribution in [2.24, 2.45) is 0 Å². The molecule has 0 saturated carbocycles. The molecule has 0 bridgehead atoms. The van der Waals surface area contributed by atoms with E-state index in [9.17, 15) is 9.90 Å². The zero-order valence-electron chi connectivity index (χ0n) is 14.0. The van der Waals surface area contributed by atoms with Crippen LogP contribution < -0.4 is 5.32 Å². The van der Waals surface area contributed by atoms with Gasteiger partial charge in [0.15, 0.2) is 0 Å².